The number of likely N-dealkylation sites (tertiary alicyclic amines) is 1. The van der Waals surface area contributed by atoms with Crippen molar-refractivity contribution in [2.24, 2.45) is 0 Å². The van der Waals surface area contributed by atoms with Crippen LogP contribution in [-0.4, -0.2) is 65.5 Å². The van der Waals surface area contributed by atoms with Gasteiger partial charge >= 0.3 is 6.03 Å². The van der Waals surface area contributed by atoms with Crippen LogP contribution in [0.4, 0.5) is 4.79 Å². The molecular formula is C15H26N4O2. The molecule has 3 fully saturated rings. The number of carbonyl (C=O) groups excluding carboxylic acids is 2. The van der Waals surface area contributed by atoms with Gasteiger partial charge in [-0.3, -0.25) is 14.6 Å². The highest BCUT2D eigenvalue weighted by Gasteiger charge is 2.44. The summed E-state index contributed by atoms with van der Waals surface area (Å²) in [6, 6.07) is 0.910. The van der Waals surface area contributed by atoms with Gasteiger partial charge in [0.25, 0.3) is 5.91 Å². The molecule has 2 N–H and O–H groups in total. The van der Waals surface area contributed by atoms with Crippen molar-refractivity contribution in [2.75, 3.05) is 26.2 Å². The van der Waals surface area contributed by atoms with Crippen LogP contribution in [0.15, 0.2) is 0 Å². The Morgan fingerprint density at radius 2 is 2.00 bits per heavy atom. The van der Waals surface area contributed by atoms with Gasteiger partial charge in [0.1, 0.15) is 5.54 Å². The molecule has 3 saturated heterocycles. The molecule has 6 heteroatoms. The number of carbonyl (C=O) groups is 2. The fourth-order valence-corrected chi connectivity index (χ4v) is 3.87. The van der Waals surface area contributed by atoms with E-state index in [-0.39, 0.29) is 11.9 Å². The predicted molar refractivity (Wildman–Crippen MR) is 79.9 cm³/mol. The fourth-order valence-electron chi connectivity index (χ4n) is 3.87. The number of hydrogen-bond acceptors (Lipinski definition) is 4. The SMILES string of the molecule is CC1(C)NC(=O)N(CCN2CCCC2C2CCCN2)C1=O. The number of amides is 3. The first kappa shape index (κ1) is 14.8. The van der Waals surface area contributed by atoms with Gasteiger partial charge in [0.05, 0.1) is 0 Å². The summed E-state index contributed by atoms with van der Waals surface area (Å²) in [5.41, 5.74) is -0.755. The molecule has 0 aliphatic carbocycles. The fraction of sp³-hybridized carbons (Fsp3) is 0.867. The van der Waals surface area contributed by atoms with Crippen LogP contribution in [0.1, 0.15) is 39.5 Å². The van der Waals surface area contributed by atoms with E-state index in [1.807, 2.05) is 0 Å². The van der Waals surface area contributed by atoms with Crippen LogP contribution in [-0.2, 0) is 4.79 Å². The number of imide groups is 1. The van der Waals surface area contributed by atoms with Gasteiger partial charge in [0.2, 0.25) is 0 Å². The van der Waals surface area contributed by atoms with Crippen LogP contribution in [0.3, 0.4) is 0 Å². The zero-order chi connectivity index (χ0) is 15.0. The maximum absolute atomic E-state index is 12.2. The molecule has 118 valence electrons. The van der Waals surface area contributed by atoms with Gasteiger partial charge in [-0.15, -0.1) is 0 Å². The van der Waals surface area contributed by atoms with Crippen molar-refractivity contribution in [2.45, 2.75) is 57.2 Å². The van der Waals surface area contributed by atoms with Crippen molar-refractivity contribution in [3.05, 3.63) is 0 Å². The molecule has 2 unspecified atom stereocenters. The van der Waals surface area contributed by atoms with E-state index in [0.717, 1.165) is 19.6 Å². The largest absolute Gasteiger partial charge is 0.325 e. The summed E-state index contributed by atoms with van der Waals surface area (Å²) in [5, 5.41) is 6.33. The molecule has 0 bridgehead atoms. The summed E-state index contributed by atoms with van der Waals surface area (Å²) in [6.45, 7) is 7.00. The number of rotatable bonds is 4. The minimum absolute atomic E-state index is 0.109. The van der Waals surface area contributed by atoms with Crippen molar-refractivity contribution in [1.82, 2.24) is 20.4 Å². The second kappa shape index (κ2) is 5.57. The molecule has 6 nitrogen and oxygen atoms in total. The third kappa shape index (κ3) is 2.79. The smallest absolute Gasteiger partial charge is 0.324 e. The van der Waals surface area contributed by atoms with Crippen molar-refractivity contribution in [3.63, 3.8) is 0 Å². The summed E-state index contributed by atoms with van der Waals surface area (Å²) in [7, 11) is 0. The van der Waals surface area contributed by atoms with E-state index in [2.05, 4.69) is 15.5 Å². The molecule has 0 aromatic carbocycles. The van der Waals surface area contributed by atoms with Crippen molar-refractivity contribution < 1.29 is 9.59 Å². The molecule has 0 aromatic rings. The van der Waals surface area contributed by atoms with Gasteiger partial charge < -0.3 is 10.6 Å². The second-order valence-corrected chi connectivity index (χ2v) is 6.96. The molecule has 0 saturated carbocycles. The molecule has 3 aliphatic rings. The third-order valence-corrected chi connectivity index (χ3v) is 5.03. The second-order valence-electron chi connectivity index (χ2n) is 6.96. The maximum Gasteiger partial charge on any atom is 0.325 e. The molecule has 3 aliphatic heterocycles. The van der Waals surface area contributed by atoms with Gasteiger partial charge in [-0.05, 0) is 52.6 Å². The van der Waals surface area contributed by atoms with Crippen LogP contribution in [0, 0.1) is 0 Å². The first-order chi connectivity index (χ1) is 9.99. The van der Waals surface area contributed by atoms with E-state index < -0.39 is 5.54 Å². The molecule has 0 aromatic heterocycles. The monoisotopic (exact) mass is 294 g/mol. The Morgan fingerprint density at radius 1 is 1.19 bits per heavy atom. The highest BCUT2D eigenvalue weighted by atomic mass is 16.2. The lowest BCUT2D eigenvalue weighted by Crippen LogP contribution is -2.47. The molecule has 3 amide bonds. The van der Waals surface area contributed by atoms with Crippen LogP contribution in [0.25, 0.3) is 0 Å². The highest BCUT2D eigenvalue weighted by molar-refractivity contribution is 6.06. The predicted octanol–water partition coefficient (Wildman–Crippen LogP) is 0.533. The molecular weight excluding hydrogens is 268 g/mol. The van der Waals surface area contributed by atoms with E-state index in [4.69, 9.17) is 0 Å². The van der Waals surface area contributed by atoms with Crippen LogP contribution in [0.2, 0.25) is 0 Å². The van der Waals surface area contributed by atoms with Crippen LogP contribution in [0.5, 0.6) is 0 Å². The van der Waals surface area contributed by atoms with E-state index >= 15 is 0 Å². The molecule has 0 radical (unpaired) electrons. The van der Waals surface area contributed by atoms with Gasteiger partial charge in [0.15, 0.2) is 0 Å². The lowest BCUT2D eigenvalue weighted by Gasteiger charge is -2.30. The normalized spacial score (nSPS) is 33.0. The van der Waals surface area contributed by atoms with Crippen molar-refractivity contribution in [3.8, 4) is 0 Å². The zero-order valence-corrected chi connectivity index (χ0v) is 13.0. The molecule has 0 spiro atoms. The maximum atomic E-state index is 12.2. The lowest BCUT2D eigenvalue weighted by atomic mass is 10.0. The summed E-state index contributed by atoms with van der Waals surface area (Å²) < 4.78 is 0. The summed E-state index contributed by atoms with van der Waals surface area (Å²) >= 11 is 0. The van der Waals surface area contributed by atoms with Crippen molar-refractivity contribution >= 4 is 11.9 Å². The molecule has 2 atom stereocenters. The Balaban J connectivity index is 1.57. The standard InChI is InChI=1S/C15H26N4O2/c1-15(2)13(20)19(14(21)17-15)10-9-18-8-4-6-12(18)11-5-3-7-16-11/h11-12,16H,3-10H2,1-2H3,(H,17,21). The minimum atomic E-state index is -0.755. The van der Waals surface area contributed by atoms with Gasteiger partial charge in [-0.25, -0.2) is 4.79 Å². The Kier molecular flexibility index (Phi) is 3.92. The van der Waals surface area contributed by atoms with E-state index in [1.165, 1.54) is 30.6 Å². The summed E-state index contributed by atoms with van der Waals surface area (Å²) in [4.78, 5) is 27.9. The van der Waals surface area contributed by atoms with Gasteiger partial charge in [-0.1, -0.05) is 0 Å². The quantitative estimate of drug-likeness (QED) is 0.743. The van der Waals surface area contributed by atoms with Crippen molar-refractivity contribution in [1.29, 1.82) is 0 Å². The summed E-state index contributed by atoms with van der Waals surface area (Å²) in [5.74, 6) is -0.109. The van der Waals surface area contributed by atoms with Crippen LogP contribution < -0.4 is 10.6 Å². The average Bonchev–Trinajstić information content (AvgIpc) is 3.10. The first-order valence-corrected chi connectivity index (χ1v) is 8.10. The zero-order valence-electron chi connectivity index (χ0n) is 13.0. The lowest BCUT2D eigenvalue weighted by molar-refractivity contribution is -0.130. The van der Waals surface area contributed by atoms with E-state index in [1.54, 1.807) is 13.8 Å². The average molecular weight is 294 g/mol. The van der Waals surface area contributed by atoms with E-state index in [0.29, 0.717) is 18.6 Å². The number of nitrogens with one attached hydrogen (secondary N) is 2. The molecule has 3 rings (SSSR count). The Labute approximate surface area is 126 Å². The Bertz CT molecular complexity index is 431. The summed E-state index contributed by atoms with van der Waals surface area (Å²) in [6.07, 6.45) is 4.95. The number of nitrogens with zero attached hydrogens (tertiary/aromatic N) is 2. The van der Waals surface area contributed by atoms with Gasteiger partial charge in [0, 0.05) is 25.2 Å². The van der Waals surface area contributed by atoms with E-state index in [9.17, 15) is 9.59 Å². The minimum Gasteiger partial charge on any atom is -0.324 e. The topological polar surface area (TPSA) is 64.7 Å². The Morgan fingerprint density at radius 3 is 2.62 bits per heavy atom. The first-order valence-electron chi connectivity index (χ1n) is 8.10. The molecule has 21 heavy (non-hydrogen) atoms. The molecule has 3 heterocycles. The van der Waals surface area contributed by atoms with Crippen LogP contribution >= 0.6 is 0 Å². The third-order valence-electron chi connectivity index (χ3n) is 5.03. The number of hydrogen-bond donors (Lipinski definition) is 2. The number of urea groups is 1. The van der Waals surface area contributed by atoms with Gasteiger partial charge in [-0.2, -0.15) is 0 Å². The highest BCUT2D eigenvalue weighted by Crippen LogP contribution is 2.25. The Hall–Kier alpha value is -1.14.